The number of aliphatic imine (C=N–C) groups is 2. The molecule has 0 aromatic carbocycles. The van der Waals surface area contributed by atoms with Gasteiger partial charge < -0.3 is 19.6 Å². The maximum atomic E-state index is 12.0. The standard InChI is InChI=1S/C19H41N3O5SSi/c1-12-21-17(28(9,23)24)22-14(2)16(27-19(6,7)25-8)15(20)13-26-29(10,11)18(3,4)5/h12,14-16H,13,20H2,1-11H3/t14?,15?,16-/m0/s1. The van der Waals surface area contributed by atoms with Gasteiger partial charge in [-0.1, -0.05) is 20.8 Å². The molecule has 0 saturated carbocycles. The van der Waals surface area contributed by atoms with Crippen LogP contribution in [0.4, 0.5) is 0 Å². The summed E-state index contributed by atoms with van der Waals surface area (Å²) in [7, 11) is -4.06. The second-order valence-corrected chi connectivity index (χ2v) is 16.0. The molecule has 0 spiro atoms. The Bertz CT molecular complexity index is 684. The molecule has 0 aliphatic carbocycles. The Kier molecular flexibility index (Phi) is 10.3. The predicted molar refractivity (Wildman–Crippen MR) is 123 cm³/mol. The highest BCUT2D eigenvalue weighted by atomic mass is 32.2. The summed E-state index contributed by atoms with van der Waals surface area (Å²) in [5.41, 5.74) is 6.45. The number of hydrogen-bond donors (Lipinski definition) is 1. The molecule has 0 radical (unpaired) electrons. The lowest BCUT2D eigenvalue weighted by atomic mass is 10.1. The number of hydrogen-bond acceptors (Lipinski definition) is 7. The smallest absolute Gasteiger partial charge is 0.242 e. The van der Waals surface area contributed by atoms with Gasteiger partial charge in [0.1, 0.15) is 6.10 Å². The normalized spacial score (nSPS) is 18.1. The van der Waals surface area contributed by atoms with Crippen LogP contribution in [0.2, 0.25) is 18.1 Å². The number of rotatable bonds is 9. The summed E-state index contributed by atoms with van der Waals surface area (Å²) in [4.78, 5) is 8.19. The Morgan fingerprint density at radius 2 is 1.72 bits per heavy atom. The lowest BCUT2D eigenvalue weighted by Crippen LogP contribution is -2.53. The van der Waals surface area contributed by atoms with Crippen molar-refractivity contribution in [2.75, 3.05) is 20.0 Å². The van der Waals surface area contributed by atoms with Crippen molar-refractivity contribution in [2.24, 2.45) is 15.7 Å². The zero-order valence-corrected chi connectivity index (χ0v) is 21.8. The topological polar surface area (TPSA) is 113 Å². The van der Waals surface area contributed by atoms with Crippen molar-refractivity contribution in [3.05, 3.63) is 0 Å². The first-order chi connectivity index (χ1) is 12.9. The average Bonchev–Trinajstić information content (AvgIpc) is 2.55. The van der Waals surface area contributed by atoms with E-state index < -0.39 is 42.1 Å². The first-order valence-corrected chi connectivity index (χ1v) is 14.6. The van der Waals surface area contributed by atoms with E-state index in [4.69, 9.17) is 19.6 Å². The number of sulfone groups is 1. The van der Waals surface area contributed by atoms with Crippen LogP contribution in [0.15, 0.2) is 9.98 Å². The molecule has 0 bridgehead atoms. The third-order valence-corrected chi connectivity index (χ3v) is 10.5. The zero-order chi connectivity index (χ0) is 23.3. The Balaban J connectivity index is 5.81. The Hall–Kier alpha value is -0.653. The second kappa shape index (κ2) is 10.6. The van der Waals surface area contributed by atoms with Crippen LogP contribution in [0.3, 0.4) is 0 Å². The van der Waals surface area contributed by atoms with Crippen LogP contribution in [-0.2, 0) is 23.7 Å². The van der Waals surface area contributed by atoms with Gasteiger partial charge in [0.25, 0.3) is 0 Å². The fourth-order valence-corrected chi connectivity index (χ4v) is 3.82. The maximum absolute atomic E-state index is 12.0. The van der Waals surface area contributed by atoms with Gasteiger partial charge in [-0.15, -0.1) is 0 Å². The van der Waals surface area contributed by atoms with E-state index in [1.54, 1.807) is 27.7 Å². The van der Waals surface area contributed by atoms with Gasteiger partial charge in [-0.3, -0.25) is 4.99 Å². The molecule has 0 fully saturated rings. The third kappa shape index (κ3) is 9.35. The fourth-order valence-electron chi connectivity index (χ4n) is 2.12. The highest BCUT2D eigenvalue weighted by molar-refractivity contribution is 8.05. The Morgan fingerprint density at radius 1 is 1.21 bits per heavy atom. The van der Waals surface area contributed by atoms with Gasteiger partial charge in [0, 0.05) is 19.6 Å². The van der Waals surface area contributed by atoms with E-state index >= 15 is 0 Å². The van der Waals surface area contributed by atoms with Gasteiger partial charge in [0.05, 0.1) is 18.7 Å². The van der Waals surface area contributed by atoms with Gasteiger partial charge in [-0.05, 0) is 45.8 Å². The predicted octanol–water partition coefficient (Wildman–Crippen LogP) is 2.98. The van der Waals surface area contributed by atoms with Crippen LogP contribution in [-0.4, -0.2) is 72.1 Å². The SMILES string of the molecule is CC=NC(=NC(C)[C@H](OC(C)(C)OC)C(N)CO[Si](C)(C)C(C)(C)C)S(C)(=O)=O. The van der Waals surface area contributed by atoms with E-state index in [2.05, 4.69) is 43.9 Å². The molecule has 0 amide bonds. The molecule has 3 atom stereocenters. The molecule has 0 aliphatic heterocycles. The molecule has 29 heavy (non-hydrogen) atoms. The molecule has 0 aromatic rings. The summed E-state index contributed by atoms with van der Waals surface area (Å²) < 4.78 is 41.7. The van der Waals surface area contributed by atoms with Crippen molar-refractivity contribution in [1.29, 1.82) is 0 Å². The van der Waals surface area contributed by atoms with E-state index in [0.717, 1.165) is 6.26 Å². The highest BCUT2D eigenvalue weighted by Crippen LogP contribution is 2.36. The van der Waals surface area contributed by atoms with E-state index in [0.29, 0.717) is 0 Å². The minimum atomic E-state index is -3.59. The van der Waals surface area contributed by atoms with E-state index in [1.165, 1.54) is 13.3 Å². The van der Waals surface area contributed by atoms with Crippen LogP contribution in [0.5, 0.6) is 0 Å². The summed E-state index contributed by atoms with van der Waals surface area (Å²) in [6.07, 6.45) is 1.82. The molecule has 0 aromatic heterocycles. The summed E-state index contributed by atoms with van der Waals surface area (Å²) in [5.74, 6) is -0.928. The molecular formula is C19H41N3O5SSi. The van der Waals surface area contributed by atoms with Crippen LogP contribution >= 0.6 is 0 Å². The molecular weight excluding hydrogens is 410 g/mol. The number of methoxy groups -OCH3 is 1. The number of nitrogens with zero attached hydrogens (tertiary/aromatic N) is 2. The van der Waals surface area contributed by atoms with Gasteiger partial charge >= 0.3 is 0 Å². The highest BCUT2D eigenvalue weighted by Gasteiger charge is 2.39. The molecule has 0 aliphatic rings. The van der Waals surface area contributed by atoms with Gasteiger partial charge in [0.15, 0.2) is 14.1 Å². The van der Waals surface area contributed by atoms with Crippen LogP contribution < -0.4 is 5.73 Å². The average molecular weight is 452 g/mol. The monoisotopic (exact) mass is 451 g/mol. The van der Waals surface area contributed by atoms with Crippen molar-refractivity contribution in [1.82, 2.24) is 0 Å². The van der Waals surface area contributed by atoms with Gasteiger partial charge in [0.2, 0.25) is 15.0 Å². The number of amidine groups is 1. The molecule has 172 valence electrons. The summed E-state index contributed by atoms with van der Waals surface area (Å²) in [6, 6.07) is -1.13. The van der Waals surface area contributed by atoms with E-state index in [9.17, 15) is 8.42 Å². The first kappa shape index (κ1) is 28.3. The maximum Gasteiger partial charge on any atom is 0.242 e. The molecule has 2 N–H and O–H groups in total. The third-order valence-electron chi connectivity index (χ3n) is 5.14. The first-order valence-electron chi connectivity index (χ1n) is 9.77. The Labute approximate surface area is 178 Å². The van der Waals surface area contributed by atoms with Crippen molar-refractivity contribution in [3.8, 4) is 0 Å². The van der Waals surface area contributed by atoms with Crippen molar-refractivity contribution < 1.29 is 22.3 Å². The minimum absolute atomic E-state index is 0.0396. The summed E-state index contributed by atoms with van der Waals surface area (Å²) >= 11 is 0. The van der Waals surface area contributed by atoms with Gasteiger partial charge in [-0.25, -0.2) is 13.4 Å². The molecule has 0 heterocycles. The molecule has 8 nitrogen and oxygen atoms in total. The van der Waals surface area contributed by atoms with Crippen LogP contribution in [0, 0.1) is 0 Å². The van der Waals surface area contributed by atoms with Crippen LogP contribution in [0.1, 0.15) is 48.5 Å². The van der Waals surface area contributed by atoms with E-state index in [-0.39, 0.29) is 16.8 Å². The molecule has 0 rings (SSSR count). The van der Waals surface area contributed by atoms with Crippen molar-refractivity contribution >= 4 is 29.5 Å². The van der Waals surface area contributed by atoms with Gasteiger partial charge in [-0.2, -0.15) is 0 Å². The summed E-state index contributed by atoms with van der Waals surface area (Å²) in [6.45, 7) is 17.9. The van der Waals surface area contributed by atoms with E-state index in [1.807, 2.05) is 0 Å². The lowest BCUT2D eigenvalue weighted by Gasteiger charge is -2.39. The number of nitrogens with two attached hydrogens (primary N) is 1. The zero-order valence-electron chi connectivity index (χ0n) is 19.9. The van der Waals surface area contributed by atoms with Crippen LogP contribution in [0.25, 0.3) is 0 Å². The quantitative estimate of drug-likeness (QED) is 0.249. The molecule has 10 heteroatoms. The van der Waals surface area contributed by atoms with Crippen molar-refractivity contribution in [3.63, 3.8) is 0 Å². The Morgan fingerprint density at radius 3 is 2.10 bits per heavy atom. The summed E-state index contributed by atoms with van der Waals surface area (Å²) in [5, 5.41) is -0.216. The lowest BCUT2D eigenvalue weighted by molar-refractivity contribution is -0.231. The second-order valence-electron chi connectivity index (χ2n) is 9.23. The minimum Gasteiger partial charge on any atom is -0.415 e. The number of ether oxygens (including phenoxy) is 2. The fraction of sp³-hybridized carbons (Fsp3) is 0.895. The molecule has 0 saturated heterocycles. The molecule has 2 unspecified atom stereocenters. The van der Waals surface area contributed by atoms with Crippen molar-refractivity contribution in [2.45, 2.75) is 90.6 Å². The largest absolute Gasteiger partial charge is 0.415 e.